The lowest BCUT2D eigenvalue weighted by molar-refractivity contribution is 0.0696. The van der Waals surface area contributed by atoms with Crippen LogP contribution in [0.1, 0.15) is 35.1 Å². The van der Waals surface area contributed by atoms with Crippen molar-refractivity contribution in [2.24, 2.45) is 0 Å². The number of benzene rings is 2. The number of aryl methyl sites for hydroxylation is 1. The minimum Gasteiger partial charge on any atom is -0.486 e. The summed E-state index contributed by atoms with van der Waals surface area (Å²) in [6.45, 7) is 8.95. The summed E-state index contributed by atoms with van der Waals surface area (Å²) in [4.78, 5) is 15.9. The Morgan fingerprint density at radius 1 is 1.29 bits per heavy atom. The van der Waals surface area contributed by atoms with Crippen molar-refractivity contribution in [2.75, 3.05) is 0 Å². The Morgan fingerprint density at radius 2 is 2.11 bits per heavy atom. The highest BCUT2D eigenvalue weighted by atomic mass is 16.5. The number of fused-ring (bicyclic) bond motifs is 1. The van der Waals surface area contributed by atoms with Crippen LogP contribution in [0.25, 0.3) is 11.0 Å². The monoisotopic (exact) mass is 376 g/mol. The average molecular weight is 376 g/mol. The van der Waals surface area contributed by atoms with E-state index >= 15 is 0 Å². The fourth-order valence-electron chi connectivity index (χ4n) is 3.10. The molecule has 5 heteroatoms. The highest BCUT2D eigenvalue weighted by Gasteiger charge is 2.13. The van der Waals surface area contributed by atoms with Gasteiger partial charge in [-0.15, -0.1) is 0 Å². The number of carboxylic acid groups (broad SMARTS) is 1. The van der Waals surface area contributed by atoms with Gasteiger partial charge < -0.3 is 14.4 Å². The Balaban J connectivity index is 1.94. The molecule has 0 saturated carbocycles. The molecule has 0 atom stereocenters. The smallest absolute Gasteiger partial charge is 0.335 e. The number of carboxylic acids is 1. The fraction of sp³-hybridized carbons (Fsp3) is 0.217. The molecular formula is C23H24N2O3. The van der Waals surface area contributed by atoms with Crippen molar-refractivity contribution in [1.82, 2.24) is 9.55 Å². The van der Waals surface area contributed by atoms with E-state index in [4.69, 9.17) is 14.8 Å². The van der Waals surface area contributed by atoms with Crippen LogP contribution in [0.4, 0.5) is 0 Å². The van der Waals surface area contributed by atoms with Crippen LogP contribution in [0.5, 0.6) is 5.75 Å². The summed E-state index contributed by atoms with van der Waals surface area (Å²) >= 11 is 0. The van der Waals surface area contributed by atoms with E-state index in [0.29, 0.717) is 12.3 Å². The van der Waals surface area contributed by atoms with Crippen LogP contribution in [0.2, 0.25) is 0 Å². The van der Waals surface area contributed by atoms with Gasteiger partial charge in [-0.1, -0.05) is 37.8 Å². The lowest BCUT2D eigenvalue weighted by Crippen LogP contribution is -2.09. The third-order valence-electron chi connectivity index (χ3n) is 4.50. The maximum absolute atomic E-state index is 11.2. The molecule has 0 aliphatic rings. The van der Waals surface area contributed by atoms with Crippen molar-refractivity contribution in [3.8, 4) is 5.75 Å². The van der Waals surface area contributed by atoms with Crippen LogP contribution in [0, 0.1) is 6.92 Å². The lowest BCUT2D eigenvalue weighted by Gasteiger charge is -2.12. The zero-order chi connectivity index (χ0) is 20.1. The maximum atomic E-state index is 11.2. The predicted octanol–water partition coefficient (Wildman–Crippen LogP) is 5.14. The summed E-state index contributed by atoms with van der Waals surface area (Å²) in [6.07, 6.45) is 4.94. The topological polar surface area (TPSA) is 64.3 Å². The molecule has 28 heavy (non-hydrogen) atoms. The molecule has 0 aliphatic carbocycles. The first-order valence-corrected chi connectivity index (χ1v) is 9.25. The summed E-state index contributed by atoms with van der Waals surface area (Å²) in [5.41, 5.74) is 4.41. The van der Waals surface area contributed by atoms with Gasteiger partial charge in [0, 0.05) is 6.54 Å². The van der Waals surface area contributed by atoms with Gasteiger partial charge in [0.05, 0.1) is 16.6 Å². The molecule has 0 radical (unpaired) electrons. The van der Waals surface area contributed by atoms with Crippen molar-refractivity contribution in [1.29, 1.82) is 0 Å². The minimum atomic E-state index is -0.978. The molecule has 144 valence electrons. The molecule has 0 spiro atoms. The van der Waals surface area contributed by atoms with E-state index in [1.165, 1.54) is 6.07 Å². The van der Waals surface area contributed by atoms with Gasteiger partial charge in [0.25, 0.3) is 0 Å². The van der Waals surface area contributed by atoms with Gasteiger partial charge in [-0.2, -0.15) is 0 Å². The summed E-state index contributed by atoms with van der Waals surface area (Å²) in [6, 6.07) is 12.7. The molecule has 0 amide bonds. The van der Waals surface area contributed by atoms with E-state index in [1.54, 1.807) is 18.2 Å². The Morgan fingerprint density at radius 3 is 2.82 bits per heavy atom. The molecule has 0 unspecified atom stereocenters. The molecule has 5 nitrogen and oxygen atoms in total. The molecular weight excluding hydrogens is 352 g/mol. The number of aromatic carboxylic acids is 1. The molecule has 3 aromatic rings. The molecule has 0 fully saturated rings. The molecule has 1 N–H and O–H groups in total. The summed E-state index contributed by atoms with van der Waals surface area (Å²) in [7, 11) is 0. The first kappa shape index (κ1) is 19.4. The Bertz CT molecular complexity index is 1050. The van der Waals surface area contributed by atoms with Crippen molar-refractivity contribution < 1.29 is 14.6 Å². The second kappa shape index (κ2) is 8.57. The van der Waals surface area contributed by atoms with E-state index in [1.807, 2.05) is 13.0 Å². The quantitative estimate of drug-likeness (QED) is 0.553. The molecule has 1 heterocycles. The molecule has 0 aliphatic heterocycles. The predicted molar refractivity (Wildman–Crippen MR) is 111 cm³/mol. The molecule has 2 aromatic carbocycles. The van der Waals surface area contributed by atoms with Gasteiger partial charge in [0.15, 0.2) is 0 Å². The zero-order valence-corrected chi connectivity index (χ0v) is 16.2. The highest BCUT2D eigenvalue weighted by Crippen LogP contribution is 2.22. The Labute approximate surface area is 164 Å². The second-order valence-corrected chi connectivity index (χ2v) is 6.62. The third kappa shape index (κ3) is 4.31. The highest BCUT2D eigenvalue weighted by molar-refractivity contribution is 5.88. The largest absolute Gasteiger partial charge is 0.486 e. The number of aromatic nitrogens is 2. The van der Waals surface area contributed by atoms with Crippen LogP contribution < -0.4 is 4.74 Å². The number of allylic oxidation sites excluding steroid dienone is 3. The molecule has 0 saturated heterocycles. The van der Waals surface area contributed by atoms with Crippen molar-refractivity contribution in [3.63, 3.8) is 0 Å². The summed E-state index contributed by atoms with van der Waals surface area (Å²) < 4.78 is 7.99. The fourth-order valence-corrected chi connectivity index (χ4v) is 3.10. The molecule has 0 bridgehead atoms. The van der Waals surface area contributed by atoms with E-state index in [9.17, 15) is 4.79 Å². The second-order valence-electron chi connectivity index (χ2n) is 6.62. The van der Waals surface area contributed by atoms with E-state index in [-0.39, 0.29) is 12.2 Å². The van der Waals surface area contributed by atoms with Crippen LogP contribution in [0.3, 0.4) is 0 Å². The van der Waals surface area contributed by atoms with Crippen LogP contribution >= 0.6 is 0 Å². The van der Waals surface area contributed by atoms with Gasteiger partial charge in [0.2, 0.25) is 0 Å². The van der Waals surface area contributed by atoms with Crippen molar-refractivity contribution >= 4 is 17.0 Å². The first-order chi connectivity index (χ1) is 13.5. The first-order valence-electron chi connectivity index (χ1n) is 9.25. The average Bonchev–Trinajstić information content (AvgIpc) is 3.02. The SMILES string of the molecule is C=C/C(=C\CC)Cn1c(COc2cccc(C(=O)O)c2)nc2cc(C)ccc21. The number of ether oxygens (including phenoxy) is 1. The number of hydrogen-bond donors (Lipinski definition) is 1. The number of imidazole rings is 1. The van der Waals surface area contributed by atoms with Crippen LogP contribution in [-0.2, 0) is 13.2 Å². The van der Waals surface area contributed by atoms with E-state index < -0.39 is 5.97 Å². The van der Waals surface area contributed by atoms with E-state index in [2.05, 4.69) is 42.3 Å². The number of nitrogens with zero attached hydrogens (tertiary/aromatic N) is 2. The summed E-state index contributed by atoms with van der Waals surface area (Å²) in [5, 5.41) is 9.15. The lowest BCUT2D eigenvalue weighted by atomic mass is 10.2. The Hall–Kier alpha value is -3.34. The van der Waals surface area contributed by atoms with Gasteiger partial charge in [-0.3, -0.25) is 0 Å². The summed E-state index contributed by atoms with van der Waals surface area (Å²) in [5.74, 6) is 0.307. The van der Waals surface area contributed by atoms with Gasteiger partial charge in [0.1, 0.15) is 18.2 Å². The number of rotatable bonds is 8. The maximum Gasteiger partial charge on any atom is 0.335 e. The molecule has 1 aromatic heterocycles. The Kier molecular flexibility index (Phi) is 5.94. The van der Waals surface area contributed by atoms with Gasteiger partial charge >= 0.3 is 5.97 Å². The van der Waals surface area contributed by atoms with Gasteiger partial charge in [-0.25, -0.2) is 9.78 Å². The minimum absolute atomic E-state index is 0.196. The zero-order valence-electron chi connectivity index (χ0n) is 16.2. The standard InChI is InChI=1S/C23H24N2O3/c1-4-7-17(5-2)14-25-21-11-10-16(3)12-20(21)24-22(25)15-28-19-9-6-8-18(13-19)23(26)27/h5-13H,2,4,14-15H2,1,3H3,(H,26,27)/b17-7+. The van der Waals surface area contributed by atoms with E-state index in [0.717, 1.165) is 34.4 Å². The molecule has 3 rings (SSSR count). The third-order valence-corrected chi connectivity index (χ3v) is 4.50. The van der Waals surface area contributed by atoms with Crippen molar-refractivity contribution in [3.05, 3.63) is 83.7 Å². The normalized spacial score (nSPS) is 11.6. The number of hydrogen-bond acceptors (Lipinski definition) is 3. The number of carbonyl (C=O) groups is 1. The van der Waals surface area contributed by atoms with Gasteiger partial charge in [-0.05, 0) is 54.8 Å². The van der Waals surface area contributed by atoms with Crippen LogP contribution in [0.15, 0.2) is 66.8 Å². The van der Waals surface area contributed by atoms with Crippen molar-refractivity contribution in [2.45, 2.75) is 33.4 Å². The van der Waals surface area contributed by atoms with Crippen LogP contribution in [-0.4, -0.2) is 20.6 Å².